The summed E-state index contributed by atoms with van der Waals surface area (Å²) < 4.78 is 0.923. The third-order valence-corrected chi connectivity index (χ3v) is 3.73. The summed E-state index contributed by atoms with van der Waals surface area (Å²) >= 11 is 4.91. The molecule has 0 radical (unpaired) electrons. The lowest BCUT2D eigenvalue weighted by Crippen LogP contribution is -2.01. The van der Waals surface area contributed by atoms with E-state index in [0.717, 1.165) is 35.8 Å². The molecule has 0 saturated heterocycles. The van der Waals surface area contributed by atoms with Crippen LogP contribution >= 0.6 is 27.3 Å². The van der Waals surface area contributed by atoms with Crippen LogP contribution in [0.25, 0.3) is 0 Å². The van der Waals surface area contributed by atoms with E-state index in [1.165, 1.54) is 0 Å². The maximum atomic E-state index is 11.6. The molecule has 4 heteroatoms. The fraction of sp³-hybridized carbons (Fsp3) is 0.500. The Morgan fingerprint density at radius 3 is 2.71 bits per heavy atom. The number of hydrogen-bond donors (Lipinski definition) is 1. The smallest absolute Gasteiger partial charge is 0.164 e. The Labute approximate surface area is 96.6 Å². The van der Waals surface area contributed by atoms with Crippen LogP contribution in [-0.2, 0) is 0 Å². The summed E-state index contributed by atoms with van der Waals surface area (Å²) in [6, 6.07) is 0. The molecule has 1 rings (SSSR count). The molecule has 2 nitrogen and oxygen atoms in total. The topological polar surface area (TPSA) is 43.1 Å². The number of carbonyl (C=O) groups is 1. The summed E-state index contributed by atoms with van der Waals surface area (Å²) in [4.78, 5) is 11.6. The molecule has 0 aliphatic heterocycles. The van der Waals surface area contributed by atoms with Gasteiger partial charge in [0.15, 0.2) is 5.78 Å². The van der Waals surface area contributed by atoms with Gasteiger partial charge < -0.3 is 5.73 Å². The molecule has 14 heavy (non-hydrogen) atoms. The van der Waals surface area contributed by atoms with Crippen molar-refractivity contribution in [2.45, 2.75) is 25.7 Å². The van der Waals surface area contributed by atoms with Crippen molar-refractivity contribution < 1.29 is 4.79 Å². The first-order valence-corrected chi connectivity index (χ1v) is 6.44. The molecular weight excluding hydrogens is 262 g/mol. The highest BCUT2D eigenvalue weighted by Gasteiger charge is 2.09. The molecule has 0 fully saturated rings. The SMILES string of the molecule is NCCCCCC(=O)c1cscc1Br. The number of halogens is 1. The first-order valence-electron chi connectivity index (χ1n) is 4.70. The zero-order chi connectivity index (χ0) is 10.4. The van der Waals surface area contributed by atoms with Crippen LogP contribution in [0.1, 0.15) is 36.0 Å². The predicted molar refractivity (Wildman–Crippen MR) is 63.9 cm³/mol. The van der Waals surface area contributed by atoms with E-state index in [2.05, 4.69) is 15.9 Å². The van der Waals surface area contributed by atoms with Gasteiger partial charge in [-0.05, 0) is 35.3 Å². The van der Waals surface area contributed by atoms with Crippen LogP contribution in [0.4, 0.5) is 0 Å². The van der Waals surface area contributed by atoms with Crippen molar-refractivity contribution in [3.05, 3.63) is 20.8 Å². The van der Waals surface area contributed by atoms with Gasteiger partial charge in [-0.1, -0.05) is 6.42 Å². The highest BCUT2D eigenvalue weighted by Crippen LogP contribution is 2.23. The Bertz CT molecular complexity index is 298. The van der Waals surface area contributed by atoms with Crippen molar-refractivity contribution in [1.82, 2.24) is 0 Å². The van der Waals surface area contributed by atoms with E-state index in [0.29, 0.717) is 6.42 Å². The number of ketones is 1. The van der Waals surface area contributed by atoms with E-state index >= 15 is 0 Å². The van der Waals surface area contributed by atoms with Gasteiger partial charge in [0.25, 0.3) is 0 Å². The number of Topliss-reactive ketones (excluding diaryl/α,β-unsaturated/α-hetero) is 1. The van der Waals surface area contributed by atoms with Crippen LogP contribution in [0.3, 0.4) is 0 Å². The number of carbonyl (C=O) groups excluding carboxylic acids is 1. The van der Waals surface area contributed by atoms with Crippen molar-refractivity contribution >= 4 is 33.0 Å². The molecule has 2 N–H and O–H groups in total. The van der Waals surface area contributed by atoms with Gasteiger partial charge in [-0.25, -0.2) is 0 Å². The third-order valence-electron chi connectivity index (χ3n) is 2.02. The van der Waals surface area contributed by atoms with Crippen LogP contribution < -0.4 is 5.73 Å². The lowest BCUT2D eigenvalue weighted by Gasteiger charge is -1.99. The van der Waals surface area contributed by atoms with Gasteiger partial charge >= 0.3 is 0 Å². The Balaban J connectivity index is 2.32. The minimum Gasteiger partial charge on any atom is -0.330 e. The monoisotopic (exact) mass is 275 g/mol. The quantitative estimate of drug-likeness (QED) is 0.640. The van der Waals surface area contributed by atoms with E-state index in [1.54, 1.807) is 11.3 Å². The van der Waals surface area contributed by atoms with Crippen LogP contribution in [0.15, 0.2) is 15.2 Å². The predicted octanol–water partition coefficient (Wildman–Crippen LogP) is 3.21. The Hall–Kier alpha value is -0.190. The molecule has 0 aliphatic carbocycles. The summed E-state index contributed by atoms with van der Waals surface area (Å²) in [5.74, 6) is 0.232. The highest BCUT2D eigenvalue weighted by molar-refractivity contribution is 9.10. The number of rotatable bonds is 6. The molecule has 0 saturated carbocycles. The van der Waals surface area contributed by atoms with Crippen molar-refractivity contribution in [1.29, 1.82) is 0 Å². The number of unbranched alkanes of at least 4 members (excludes halogenated alkanes) is 2. The van der Waals surface area contributed by atoms with Gasteiger partial charge in [0, 0.05) is 27.2 Å². The fourth-order valence-corrected chi connectivity index (χ4v) is 2.74. The molecular formula is C10H14BrNOS. The van der Waals surface area contributed by atoms with Gasteiger partial charge in [-0.15, -0.1) is 0 Å². The molecule has 0 aliphatic rings. The van der Waals surface area contributed by atoms with E-state index < -0.39 is 0 Å². The van der Waals surface area contributed by atoms with Gasteiger partial charge in [0.2, 0.25) is 0 Å². The summed E-state index contributed by atoms with van der Waals surface area (Å²) in [5.41, 5.74) is 6.20. The average molecular weight is 276 g/mol. The summed E-state index contributed by atoms with van der Waals surface area (Å²) in [6.07, 6.45) is 3.63. The van der Waals surface area contributed by atoms with Crippen LogP contribution in [0, 0.1) is 0 Å². The summed E-state index contributed by atoms with van der Waals surface area (Å²) in [6.45, 7) is 0.719. The standard InChI is InChI=1S/C10H14BrNOS/c11-9-7-14-6-8(9)10(13)4-2-1-3-5-12/h6-7H,1-5,12H2. The van der Waals surface area contributed by atoms with Gasteiger partial charge in [0.05, 0.1) is 0 Å². The molecule has 0 aromatic carbocycles. The van der Waals surface area contributed by atoms with Crippen molar-refractivity contribution in [2.75, 3.05) is 6.54 Å². The second-order valence-electron chi connectivity index (χ2n) is 3.16. The molecule has 0 spiro atoms. The largest absolute Gasteiger partial charge is 0.330 e. The summed E-state index contributed by atoms with van der Waals surface area (Å²) in [5, 5.41) is 3.84. The normalized spacial score (nSPS) is 10.4. The van der Waals surface area contributed by atoms with Crippen molar-refractivity contribution in [3.63, 3.8) is 0 Å². The fourth-order valence-electron chi connectivity index (χ4n) is 1.22. The number of thiophene rings is 1. The van der Waals surface area contributed by atoms with Crippen LogP contribution in [-0.4, -0.2) is 12.3 Å². The Morgan fingerprint density at radius 1 is 1.36 bits per heavy atom. The molecule has 1 heterocycles. The zero-order valence-corrected chi connectivity index (χ0v) is 10.4. The molecule has 0 unspecified atom stereocenters. The molecule has 1 aromatic rings. The summed E-state index contributed by atoms with van der Waals surface area (Å²) in [7, 11) is 0. The number of hydrogen-bond acceptors (Lipinski definition) is 3. The molecule has 0 atom stereocenters. The van der Waals surface area contributed by atoms with E-state index in [1.807, 2.05) is 10.8 Å². The molecule has 1 aromatic heterocycles. The Kier molecular flexibility index (Phi) is 5.37. The lowest BCUT2D eigenvalue weighted by molar-refractivity contribution is 0.0979. The van der Waals surface area contributed by atoms with Crippen molar-refractivity contribution in [3.8, 4) is 0 Å². The van der Waals surface area contributed by atoms with Crippen molar-refractivity contribution in [2.24, 2.45) is 5.73 Å². The number of nitrogens with two attached hydrogens (primary N) is 1. The second-order valence-corrected chi connectivity index (χ2v) is 4.75. The maximum Gasteiger partial charge on any atom is 0.164 e. The van der Waals surface area contributed by atoms with Crippen LogP contribution in [0.5, 0.6) is 0 Å². The lowest BCUT2D eigenvalue weighted by atomic mass is 10.1. The average Bonchev–Trinajstić information content (AvgIpc) is 2.59. The zero-order valence-electron chi connectivity index (χ0n) is 7.96. The first kappa shape index (κ1) is 11.9. The second kappa shape index (κ2) is 6.32. The minimum atomic E-state index is 0.232. The van der Waals surface area contributed by atoms with Gasteiger partial charge in [0.1, 0.15) is 0 Å². The van der Waals surface area contributed by atoms with E-state index in [-0.39, 0.29) is 5.78 Å². The van der Waals surface area contributed by atoms with Gasteiger partial charge in [-0.3, -0.25) is 4.79 Å². The molecule has 0 amide bonds. The Morgan fingerprint density at radius 2 is 2.14 bits per heavy atom. The molecule has 0 bridgehead atoms. The van der Waals surface area contributed by atoms with Gasteiger partial charge in [-0.2, -0.15) is 11.3 Å². The van der Waals surface area contributed by atoms with E-state index in [4.69, 9.17) is 5.73 Å². The third kappa shape index (κ3) is 3.52. The van der Waals surface area contributed by atoms with E-state index in [9.17, 15) is 4.79 Å². The highest BCUT2D eigenvalue weighted by atomic mass is 79.9. The molecule has 78 valence electrons. The first-order chi connectivity index (χ1) is 6.75. The minimum absolute atomic E-state index is 0.232. The maximum absolute atomic E-state index is 11.6. The van der Waals surface area contributed by atoms with Crippen LogP contribution in [0.2, 0.25) is 0 Å².